The van der Waals surface area contributed by atoms with Crippen LogP contribution in [0, 0.1) is 11.3 Å². The van der Waals surface area contributed by atoms with Gasteiger partial charge in [-0.15, -0.1) is 0 Å². The number of ether oxygens (including phenoxy) is 2. The Bertz CT molecular complexity index is 342. The zero-order valence-electron chi connectivity index (χ0n) is 8.11. The van der Waals surface area contributed by atoms with Gasteiger partial charge in [-0.1, -0.05) is 0 Å². The zero-order chi connectivity index (χ0) is 11.4. The Kier molecular flexibility index (Phi) is 4.34. The number of nitrogens with zero attached hydrogens (tertiary/aromatic N) is 1. The minimum Gasteiger partial charge on any atom is -0.381 e. The molecule has 0 atom stereocenters. The van der Waals surface area contributed by atoms with Gasteiger partial charge >= 0.3 is 0 Å². The molecule has 1 saturated heterocycles. The van der Waals surface area contributed by atoms with Crippen LogP contribution in [0.1, 0.15) is 12.8 Å². The normalized spacial score (nSPS) is 20.8. The summed E-state index contributed by atoms with van der Waals surface area (Å²) in [4.78, 5) is 0. The van der Waals surface area contributed by atoms with Crippen molar-refractivity contribution in [1.82, 2.24) is 0 Å². The lowest BCUT2D eigenvalue weighted by molar-refractivity contribution is -0.0708. The van der Waals surface area contributed by atoms with Gasteiger partial charge in [0, 0.05) is 23.5 Å². The van der Waals surface area contributed by atoms with Gasteiger partial charge in [0.25, 0.3) is 0 Å². The van der Waals surface area contributed by atoms with E-state index in [1.807, 2.05) is 0 Å². The van der Waals surface area contributed by atoms with Crippen LogP contribution in [0.25, 0.3) is 0 Å². The summed E-state index contributed by atoms with van der Waals surface area (Å²) in [7, 11) is 1.47. The van der Waals surface area contributed by atoms with E-state index in [4.69, 9.17) is 25.4 Å². The summed E-state index contributed by atoms with van der Waals surface area (Å²) in [5.74, 6) is -0.279. The smallest absolute Gasteiger partial charge is 0.234 e. The first-order valence-electron chi connectivity index (χ1n) is 4.53. The van der Waals surface area contributed by atoms with Gasteiger partial charge < -0.3 is 9.47 Å². The van der Waals surface area contributed by atoms with Gasteiger partial charge in [0.05, 0.1) is 31.6 Å². The van der Waals surface area contributed by atoms with Gasteiger partial charge in [0.2, 0.25) is 9.05 Å². The highest BCUT2D eigenvalue weighted by atomic mass is 35.7. The number of nitriles is 1. The maximum atomic E-state index is 10.6. The molecule has 1 fully saturated rings. The maximum Gasteiger partial charge on any atom is 0.234 e. The monoisotopic (exact) mass is 253 g/mol. The molecular formula is C8H12ClNO4S. The summed E-state index contributed by atoms with van der Waals surface area (Å²) in [6, 6.07) is 2.06. The van der Waals surface area contributed by atoms with E-state index < -0.39 is 14.7 Å². The molecule has 0 spiro atoms. The molecule has 1 rings (SSSR count). The van der Waals surface area contributed by atoms with Gasteiger partial charge in [0.1, 0.15) is 0 Å². The topological polar surface area (TPSA) is 76.4 Å². The van der Waals surface area contributed by atoms with Crippen LogP contribution in [-0.2, 0) is 18.5 Å². The third-order valence-electron chi connectivity index (χ3n) is 2.21. The Labute approximate surface area is 93.3 Å². The van der Waals surface area contributed by atoms with Crippen LogP contribution in [0.3, 0.4) is 0 Å². The van der Waals surface area contributed by atoms with Gasteiger partial charge in [-0.05, 0) is 0 Å². The molecule has 1 heterocycles. The summed E-state index contributed by atoms with van der Waals surface area (Å²) in [6.45, 7) is 0.863. The van der Waals surface area contributed by atoms with E-state index >= 15 is 0 Å². The predicted octanol–water partition coefficient (Wildman–Crippen LogP) is 0.644. The van der Waals surface area contributed by atoms with Gasteiger partial charge in [-0.3, -0.25) is 0 Å². The van der Waals surface area contributed by atoms with Crippen molar-refractivity contribution in [3.05, 3.63) is 0 Å². The molecular weight excluding hydrogens is 242 g/mol. The fourth-order valence-electron chi connectivity index (χ4n) is 1.33. The van der Waals surface area contributed by atoms with E-state index in [-0.39, 0.29) is 12.4 Å². The SMILES string of the molecule is N#CC1(OCCS(=O)(=O)Cl)CCOCC1. The van der Waals surface area contributed by atoms with Crippen molar-refractivity contribution in [2.75, 3.05) is 25.6 Å². The third kappa shape index (κ3) is 4.34. The molecule has 0 saturated carbocycles. The number of hydrogen-bond acceptors (Lipinski definition) is 5. The van der Waals surface area contributed by atoms with Crippen LogP contribution >= 0.6 is 10.7 Å². The summed E-state index contributed by atoms with van der Waals surface area (Å²) in [5, 5.41) is 8.96. The highest BCUT2D eigenvalue weighted by molar-refractivity contribution is 8.13. The Morgan fingerprint density at radius 1 is 1.47 bits per heavy atom. The number of hydrogen-bond donors (Lipinski definition) is 0. The van der Waals surface area contributed by atoms with Gasteiger partial charge in [-0.25, -0.2) is 8.42 Å². The molecule has 5 nitrogen and oxygen atoms in total. The lowest BCUT2D eigenvalue weighted by atomic mass is 9.96. The highest BCUT2D eigenvalue weighted by Crippen LogP contribution is 2.24. The van der Waals surface area contributed by atoms with Crippen LogP contribution in [0.2, 0.25) is 0 Å². The molecule has 0 N–H and O–H groups in total. The second-order valence-electron chi connectivity index (χ2n) is 3.31. The second kappa shape index (κ2) is 5.12. The Balaban J connectivity index is 2.44. The van der Waals surface area contributed by atoms with Crippen molar-refractivity contribution < 1.29 is 17.9 Å². The van der Waals surface area contributed by atoms with E-state index in [0.717, 1.165) is 0 Å². The van der Waals surface area contributed by atoms with Gasteiger partial charge in [-0.2, -0.15) is 5.26 Å². The van der Waals surface area contributed by atoms with E-state index in [0.29, 0.717) is 26.1 Å². The average molecular weight is 254 g/mol. The molecule has 0 aromatic carbocycles. The van der Waals surface area contributed by atoms with Crippen LogP contribution in [0.5, 0.6) is 0 Å². The third-order valence-corrected chi connectivity index (χ3v) is 3.33. The minimum absolute atomic E-state index is 0.0562. The number of halogens is 1. The van der Waals surface area contributed by atoms with Crippen molar-refractivity contribution in [2.45, 2.75) is 18.4 Å². The number of rotatable bonds is 4. The van der Waals surface area contributed by atoms with Crippen molar-refractivity contribution in [2.24, 2.45) is 0 Å². The van der Waals surface area contributed by atoms with E-state index in [1.165, 1.54) is 0 Å². The first-order chi connectivity index (χ1) is 6.97. The first-order valence-corrected chi connectivity index (χ1v) is 7.01. The Morgan fingerprint density at radius 3 is 2.53 bits per heavy atom. The van der Waals surface area contributed by atoms with Crippen molar-refractivity contribution in [3.8, 4) is 6.07 Å². The Hall–Kier alpha value is -0.350. The fourth-order valence-corrected chi connectivity index (χ4v) is 1.80. The molecule has 0 bridgehead atoms. The van der Waals surface area contributed by atoms with Crippen molar-refractivity contribution in [1.29, 1.82) is 5.26 Å². The molecule has 0 unspecified atom stereocenters. The van der Waals surface area contributed by atoms with Crippen molar-refractivity contribution in [3.63, 3.8) is 0 Å². The molecule has 1 aliphatic heterocycles. The summed E-state index contributed by atoms with van der Waals surface area (Å²) >= 11 is 0. The van der Waals surface area contributed by atoms with Crippen LogP contribution in [0.15, 0.2) is 0 Å². The summed E-state index contributed by atoms with van der Waals surface area (Å²) < 4.78 is 31.7. The van der Waals surface area contributed by atoms with E-state index in [1.54, 1.807) is 0 Å². The maximum absolute atomic E-state index is 10.6. The quantitative estimate of drug-likeness (QED) is 0.688. The molecule has 0 amide bonds. The molecule has 0 radical (unpaired) electrons. The molecule has 15 heavy (non-hydrogen) atoms. The van der Waals surface area contributed by atoms with Gasteiger partial charge in [0.15, 0.2) is 5.60 Å². The lowest BCUT2D eigenvalue weighted by Crippen LogP contribution is -2.38. The van der Waals surface area contributed by atoms with E-state index in [9.17, 15) is 8.42 Å². The molecule has 86 valence electrons. The van der Waals surface area contributed by atoms with Crippen LogP contribution in [-0.4, -0.2) is 39.6 Å². The van der Waals surface area contributed by atoms with E-state index in [2.05, 4.69) is 6.07 Å². The predicted molar refractivity (Wildman–Crippen MR) is 54.0 cm³/mol. The lowest BCUT2D eigenvalue weighted by Gasteiger charge is -2.30. The summed E-state index contributed by atoms with van der Waals surface area (Å²) in [5.41, 5.74) is -0.903. The molecule has 0 aromatic rings. The molecule has 1 aliphatic rings. The zero-order valence-corrected chi connectivity index (χ0v) is 9.68. The molecule has 0 aliphatic carbocycles. The highest BCUT2D eigenvalue weighted by Gasteiger charge is 2.33. The molecule has 7 heteroatoms. The van der Waals surface area contributed by atoms with Crippen molar-refractivity contribution >= 4 is 19.7 Å². The first kappa shape index (κ1) is 12.7. The molecule has 0 aromatic heterocycles. The minimum atomic E-state index is -3.55. The van der Waals surface area contributed by atoms with Crippen LogP contribution in [0.4, 0.5) is 0 Å². The van der Waals surface area contributed by atoms with Crippen LogP contribution < -0.4 is 0 Å². The fraction of sp³-hybridized carbons (Fsp3) is 0.875. The standard InChI is InChI=1S/C8H12ClNO4S/c9-15(11,12)6-5-14-8(7-10)1-3-13-4-2-8/h1-6H2. The average Bonchev–Trinajstić information content (AvgIpc) is 2.17. The Morgan fingerprint density at radius 2 is 2.07 bits per heavy atom. The second-order valence-corrected chi connectivity index (χ2v) is 6.21. The largest absolute Gasteiger partial charge is 0.381 e. The summed E-state index contributed by atoms with van der Waals surface area (Å²) in [6.07, 6.45) is 0.928.